The van der Waals surface area contributed by atoms with Crippen LogP contribution in [-0.2, 0) is 0 Å². The van der Waals surface area contributed by atoms with Crippen molar-refractivity contribution in [3.05, 3.63) is 64.4 Å². The van der Waals surface area contributed by atoms with Gasteiger partial charge in [-0.15, -0.1) is 11.3 Å². The molecular formula is C13H11NOS. The van der Waals surface area contributed by atoms with Crippen LogP contribution in [0.2, 0.25) is 0 Å². The molecule has 0 unspecified atom stereocenters. The summed E-state index contributed by atoms with van der Waals surface area (Å²) < 4.78 is 0. The number of thiophene rings is 1. The summed E-state index contributed by atoms with van der Waals surface area (Å²) in [5, 5.41) is 1.93. The van der Waals surface area contributed by atoms with E-state index in [1.54, 1.807) is 12.1 Å². The van der Waals surface area contributed by atoms with E-state index >= 15 is 0 Å². The smallest absolute Gasteiger partial charge is 0.187 e. The lowest BCUT2D eigenvalue weighted by molar-refractivity contribution is 0.104. The first-order chi connectivity index (χ1) is 7.77. The molecule has 0 fully saturated rings. The molecule has 0 saturated carbocycles. The third-order valence-corrected chi connectivity index (χ3v) is 3.07. The van der Waals surface area contributed by atoms with Gasteiger partial charge in [-0.2, -0.15) is 0 Å². The van der Waals surface area contributed by atoms with Crippen molar-refractivity contribution in [3.8, 4) is 0 Å². The SMILES string of the molecule is N/C(=C\C(=O)c1ccccc1)c1cccs1. The van der Waals surface area contributed by atoms with E-state index in [0.29, 0.717) is 11.3 Å². The normalized spacial score (nSPS) is 11.4. The molecular weight excluding hydrogens is 218 g/mol. The Morgan fingerprint density at radius 2 is 1.88 bits per heavy atom. The second kappa shape index (κ2) is 4.77. The number of rotatable bonds is 3. The Kier molecular flexibility index (Phi) is 3.17. The molecule has 0 aliphatic heterocycles. The van der Waals surface area contributed by atoms with E-state index in [1.807, 2.05) is 35.7 Å². The molecule has 1 heterocycles. The van der Waals surface area contributed by atoms with Gasteiger partial charge in [-0.05, 0) is 11.4 Å². The minimum Gasteiger partial charge on any atom is -0.397 e. The first kappa shape index (κ1) is 10.6. The Morgan fingerprint density at radius 1 is 1.12 bits per heavy atom. The molecule has 0 saturated heterocycles. The number of hydrogen-bond acceptors (Lipinski definition) is 3. The third kappa shape index (κ3) is 2.38. The zero-order chi connectivity index (χ0) is 11.4. The van der Waals surface area contributed by atoms with Crippen LogP contribution in [0, 0.1) is 0 Å². The van der Waals surface area contributed by atoms with Crippen molar-refractivity contribution in [3.63, 3.8) is 0 Å². The van der Waals surface area contributed by atoms with E-state index in [9.17, 15) is 4.79 Å². The largest absolute Gasteiger partial charge is 0.397 e. The third-order valence-electron chi connectivity index (χ3n) is 2.15. The van der Waals surface area contributed by atoms with Gasteiger partial charge in [0.1, 0.15) is 0 Å². The predicted octanol–water partition coefficient (Wildman–Crippen LogP) is 2.93. The lowest BCUT2D eigenvalue weighted by Crippen LogP contribution is -2.00. The minimum absolute atomic E-state index is 0.0634. The molecule has 3 heteroatoms. The molecule has 1 aromatic carbocycles. The van der Waals surface area contributed by atoms with Crippen LogP contribution in [0.15, 0.2) is 53.9 Å². The molecule has 2 aromatic rings. The summed E-state index contributed by atoms with van der Waals surface area (Å²) in [5.74, 6) is -0.0634. The molecule has 0 aliphatic carbocycles. The second-order valence-electron chi connectivity index (χ2n) is 3.31. The van der Waals surface area contributed by atoms with E-state index in [-0.39, 0.29) is 5.78 Å². The average molecular weight is 229 g/mol. The van der Waals surface area contributed by atoms with Gasteiger partial charge in [-0.3, -0.25) is 4.79 Å². The highest BCUT2D eigenvalue weighted by molar-refractivity contribution is 7.11. The van der Waals surface area contributed by atoms with Crippen LogP contribution in [-0.4, -0.2) is 5.78 Å². The fourth-order valence-electron chi connectivity index (χ4n) is 1.34. The summed E-state index contributed by atoms with van der Waals surface area (Å²) in [4.78, 5) is 12.7. The van der Waals surface area contributed by atoms with E-state index in [0.717, 1.165) is 4.88 Å². The summed E-state index contributed by atoms with van der Waals surface area (Å²) in [7, 11) is 0. The number of carbonyl (C=O) groups excluding carboxylic acids is 1. The van der Waals surface area contributed by atoms with Crippen molar-refractivity contribution in [1.29, 1.82) is 0 Å². The van der Waals surface area contributed by atoms with Crippen LogP contribution in [0.4, 0.5) is 0 Å². The van der Waals surface area contributed by atoms with Crippen molar-refractivity contribution >= 4 is 22.8 Å². The second-order valence-corrected chi connectivity index (χ2v) is 4.25. The molecule has 0 aliphatic rings. The molecule has 2 nitrogen and oxygen atoms in total. The van der Waals surface area contributed by atoms with Gasteiger partial charge >= 0.3 is 0 Å². The Balaban J connectivity index is 2.22. The summed E-state index contributed by atoms with van der Waals surface area (Å²) >= 11 is 1.52. The van der Waals surface area contributed by atoms with E-state index < -0.39 is 0 Å². The van der Waals surface area contributed by atoms with Gasteiger partial charge in [0.15, 0.2) is 5.78 Å². The van der Waals surface area contributed by atoms with Gasteiger partial charge in [0.2, 0.25) is 0 Å². The van der Waals surface area contributed by atoms with Crippen LogP contribution in [0.1, 0.15) is 15.2 Å². The maximum absolute atomic E-state index is 11.8. The van der Waals surface area contributed by atoms with E-state index in [2.05, 4.69) is 0 Å². The number of benzene rings is 1. The van der Waals surface area contributed by atoms with Gasteiger partial charge in [0.05, 0.1) is 10.6 Å². The summed E-state index contributed by atoms with van der Waals surface area (Å²) in [6.07, 6.45) is 1.47. The van der Waals surface area contributed by atoms with E-state index in [1.165, 1.54) is 17.4 Å². The Hall–Kier alpha value is -1.87. The fourth-order valence-corrected chi connectivity index (χ4v) is 2.00. The van der Waals surface area contributed by atoms with Crippen molar-refractivity contribution in [2.75, 3.05) is 0 Å². The van der Waals surface area contributed by atoms with Crippen molar-refractivity contribution in [1.82, 2.24) is 0 Å². The Bertz CT molecular complexity index is 500. The molecule has 0 atom stereocenters. The van der Waals surface area contributed by atoms with Gasteiger partial charge in [-0.1, -0.05) is 36.4 Å². The number of hydrogen-bond donors (Lipinski definition) is 1. The highest BCUT2D eigenvalue weighted by Gasteiger charge is 2.04. The molecule has 0 radical (unpaired) electrons. The highest BCUT2D eigenvalue weighted by atomic mass is 32.1. The van der Waals surface area contributed by atoms with Crippen molar-refractivity contribution < 1.29 is 4.79 Å². The summed E-state index contributed by atoms with van der Waals surface area (Å²) in [6, 6.07) is 12.9. The molecule has 2 N–H and O–H groups in total. The quantitative estimate of drug-likeness (QED) is 0.649. The first-order valence-electron chi connectivity index (χ1n) is 4.88. The predicted molar refractivity (Wildman–Crippen MR) is 67.3 cm³/mol. The lowest BCUT2D eigenvalue weighted by atomic mass is 10.1. The van der Waals surface area contributed by atoms with Crippen molar-refractivity contribution in [2.45, 2.75) is 0 Å². The first-order valence-corrected chi connectivity index (χ1v) is 5.76. The van der Waals surface area contributed by atoms with Crippen LogP contribution in [0.5, 0.6) is 0 Å². The van der Waals surface area contributed by atoms with Gasteiger partial charge in [0.25, 0.3) is 0 Å². The summed E-state index contributed by atoms with van der Waals surface area (Å²) in [5.41, 5.74) is 7.00. The number of carbonyl (C=O) groups is 1. The Labute approximate surface area is 98.0 Å². The zero-order valence-corrected chi connectivity index (χ0v) is 9.41. The van der Waals surface area contributed by atoms with Crippen molar-refractivity contribution in [2.24, 2.45) is 5.73 Å². The van der Waals surface area contributed by atoms with Gasteiger partial charge in [-0.25, -0.2) is 0 Å². The molecule has 0 bridgehead atoms. The molecule has 1 aromatic heterocycles. The maximum Gasteiger partial charge on any atom is 0.187 e. The molecule has 2 rings (SSSR count). The monoisotopic (exact) mass is 229 g/mol. The van der Waals surface area contributed by atoms with Gasteiger partial charge < -0.3 is 5.73 Å². The molecule has 80 valence electrons. The molecule has 16 heavy (non-hydrogen) atoms. The van der Waals surface area contributed by atoms with Crippen LogP contribution in [0.25, 0.3) is 5.70 Å². The summed E-state index contributed by atoms with van der Waals surface area (Å²) in [6.45, 7) is 0. The highest BCUT2D eigenvalue weighted by Crippen LogP contribution is 2.16. The van der Waals surface area contributed by atoms with Crippen LogP contribution >= 0.6 is 11.3 Å². The van der Waals surface area contributed by atoms with E-state index in [4.69, 9.17) is 5.73 Å². The van der Waals surface area contributed by atoms with Gasteiger partial charge in [0, 0.05) is 11.6 Å². The topological polar surface area (TPSA) is 43.1 Å². The average Bonchev–Trinajstić information content (AvgIpc) is 2.83. The van der Waals surface area contributed by atoms with Crippen LogP contribution < -0.4 is 5.73 Å². The molecule has 0 amide bonds. The number of nitrogens with two attached hydrogens (primary N) is 1. The van der Waals surface area contributed by atoms with Crippen LogP contribution in [0.3, 0.4) is 0 Å². The maximum atomic E-state index is 11.8. The standard InChI is InChI=1S/C13H11NOS/c14-11(13-7-4-8-16-13)9-12(15)10-5-2-1-3-6-10/h1-9H,14H2/b11-9-. The number of ketones is 1. The number of allylic oxidation sites excluding steroid dienone is 1. The zero-order valence-electron chi connectivity index (χ0n) is 8.59. The lowest BCUT2D eigenvalue weighted by Gasteiger charge is -1.98. The fraction of sp³-hybridized carbons (Fsp3) is 0. The molecule has 0 spiro atoms. The minimum atomic E-state index is -0.0634. The Morgan fingerprint density at radius 3 is 2.50 bits per heavy atom.